The monoisotopic (exact) mass is 334 g/mol. The molecule has 0 saturated heterocycles. The molecule has 0 spiro atoms. The summed E-state index contributed by atoms with van der Waals surface area (Å²) < 4.78 is 1.06. The predicted octanol–water partition coefficient (Wildman–Crippen LogP) is 3.45. The fourth-order valence-electron chi connectivity index (χ4n) is 1.71. The molecule has 0 aliphatic heterocycles. The highest BCUT2D eigenvalue weighted by Crippen LogP contribution is 2.20. The lowest BCUT2D eigenvalue weighted by atomic mass is 10.0. The zero-order valence-corrected chi connectivity index (χ0v) is 13.3. The highest BCUT2D eigenvalue weighted by Gasteiger charge is 2.09. The number of nitrogens with two attached hydrogens (primary N) is 1. The number of nitrogens with zero attached hydrogens (tertiary/aromatic N) is 2. The second kappa shape index (κ2) is 6.33. The van der Waals surface area contributed by atoms with E-state index in [-0.39, 0.29) is 5.54 Å². The van der Waals surface area contributed by atoms with Gasteiger partial charge in [-0.1, -0.05) is 28.1 Å². The smallest absolute Gasteiger partial charge is 0.222 e. The summed E-state index contributed by atoms with van der Waals surface area (Å²) >= 11 is 3.42. The lowest BCUT2D eigenvalue weighted by Gasteiger charge is -2.18. The van der Waals surface area contributed by atoms with Crippen LogP contribution in [0.2, 0.25) is 0 Å². The Morgan fingerprint density at radius 1 is 1.10 bits per heavy atom. The van der Waals surface area contributed by atoms with E-state index in [4.69, 9.17) is 5.73 Å². The van der Waals surface area contributed by atoms with Gasteiger partial charge in [0.15, 0.2) is 0 Å². The molecule has 0 aliphatic rings. The van der Waals surface area contributed by atoms with E-state index in [2.05, 4.69) is 31.2 Å². The van der Waals surface area contributed by atoms with Gasteiger partial charge in [-0.05, 0) is 38.0 Å². The van der Waals surface area contributed by atoms with Crippen LogP contribution >= 0.6 is 15.9 Å². The van der Waals surface area contributed by atoms with Gasteiger partial charge in [-0.25, -0.2) is 9.97 Å². The maximum Gasteiger partial charge on any atom is 0.222 e. The Labute approximate surface area is 128 Å². The van der Waals surface area contributed by atoms with E-state index in [1.54, 1.807) is 0 Å². The first kappa shape index (κ1) is 14.9. The molecule has 2 aromatic rings. The molecule has 0 radical (unpaired) electrons. The number of hydrogen-bond donors (Lipinski definition) is 2. The molecule has 0 bridgehead atoms. The van der Waals surface area contributed by atoms with Crippen molar-refractivity contribution in [1.29, 1.82) is 0 Å². The molecule has 0 unspecified atom stereocenters. The molecule has 0 fully saturated rings. The van der Waals surface area contributed by atoms with Crippen LogP contribution in [0.15, 0.2) is 41.1 Å². The van der Waals surface area contributed by atoms with E-state index in [0.717, 1.165) is 28.6 Å². The number of anilines is 1. The van der Waals surface area contributed by atoms with Crippen molar-refractivity contribution in [3.63, 3.8) is 0 Å². The topological polar surface area (TPSA) is 63.8 Å². The van der Waals surface area contributed by atoms with Crippen LogP contribution in [0, 0.1) is 0 Å². The SMILES string of the molecule is CC(C)(N)CCNc1ncc(-c2ccc(Br)cc2)cn1. The van der Waals surface area contributed by atoms with Crippen molar-refractivity contribution < 1.29 is 0 Å². The number of rotatable bonds is 5. The summed E-state index contributed by atoms with van der Waals surface area (Å²) in [6, 6.07) is 8.08. The van der Waals surface area contributed by atoms with Gasteiger partial charge in [0.05, 0.1) is 0 Å². The van der Waals surface area contributed by atoms with Crippen LogP contribution in [0.5, 0.6) is 0 Å². The zero-order chi connectivity index (χ0) is 14.6. The minimum Gasteiger partial charge on any atom is -0.354 e. The van der Waals surface area contributed by atoms with Crippen molar-refractivity contribution in [2.45, 2.75) is 25.8 Å². The maximum atomic E-state index is 5.93. The van der Waals surface area contributed by atoms with E-state index in [1.165, 1.54) is 0 Å². The number of nitrogens with one attached hydrogen (secondary N) is 1. The molecule has 106 valence electrons. The average Bonchev–Trinajstić information content (AvgIpc) is 2.39. The van der Waals surface area contributed by atoms with Crippen LogP contribution < -0.4 is 11.1 Å². The lowest BCUT2D eigenvalue weighted by Crippen LogP contribution is -2.34. The molecule has 3 N–H and O–H groups in total. The molecule has 20 heavy (non-hydrogen) atoms. The van der Waals surface area contributed by atoms with Gasteiger partial charge in [0, 0.05) is 34.5 Å². The van der Waals surface area contributed by atoms with Crippen LogP contribution in [0.4, 0.5) is 5.95 Å². The van der Waals surface area contributed by atoms with Crippen molar-refractivity contribution in [1.82, 2.24) is 9.97 Å². The highest BCUT2D eigenvalue weighted by molar-refractivity contribution is 9.10. The fourth-order valence-corrected chi connectivity index (χ4v) is 1.97. The summed E-state index contributed by atoms with van der Waals surface area (Å²) in [5.41, 5.74) is 7.85. The minimum atomic E-state index is -0.176. The van der Waals surface area contributed by atoms with Crippen LogP contribution in [0.25, 0.3) is 11.1 Å². The summed E-state index contributed by atoms with van der Waals surface area (Å²) in [5.74, 6) is 0.634. The van der Waals surface area contributed by atoms with Crippen molar-refractivity contribution >= 4 is 21.9 Å². The number of hydrogen-bond acceptors (Lipinski definition) is 4. The summed E-state index contributed by atoms with van der Waals surface area (Å²) in [6.45, 7) is 4.78. The standard InChI is InChI=1S/C15H19BrN4/c1-15(2,17)7-8-18-14-19-9-12(10-20-14)11-3-5-13(16)6-4-11/h3-6,9-10H,7-8,17H2,1-2H3,(H,18,19,20). The van der Waals surface area contributed by atoms with Crippen LogP contribution in [0.1, 0.15) is 20.3 Å². The Kier molecular flexibility index (Phi) is 4.73. The van der Waals surface area contributed by atoms with Gasteiger partial charge in [-0.15, -0.1) is 0 Å². The van der Waals surface area contributed by atoms with Crippen molar-refractivity contribution in [2.24, 2.45) is 5.73 Å². The Balaban J connectivity index is 1.98. The predicted molar refractivity (Wildman–Crippen MR) is 86.5 cm³/mol. The molecule has 1 aromatic heterocycles. The third-order valence-electron chi connectivity index (χ3n) is 2.88. The van der Waals surface area contributed by atoms with Gasteiger partial charge >= 0.3 is 0 Å². The number of aromatic nitrogens is 2. The summed E-state index contributed by atoms with van der Waals surface area (Å²) in [5, 5.41) is 3.18. The molecular weight excluding hydrogens is 316 g/mol. The molecule has 4 nitrogen and oxygen atoms in total. The third-order valence-corrected chi connectivity index (χ3v) is 3.41. The normalized spacial score (nSPS) is 11.4. The molecule has 1 aromatic carbocycles. The quantitative estimate of drug-likeness (QED) is 0.878. The molecule has 1 heterocycles. The molecular formula is C15H19BrN4. The van der Waals surface area contributed by atoms with Gasteiger partial charge < -0.3 is 11.1 Å². The van der Waals surface area contributed by atoms with Crippen LogP contribution in [-0.4, -0.2) is 22.1 Å². The summed E-state index contributed by atoms with van der Waals surface area (Å²) in [4.78, 5) is 8.64. The maximum absolute atomic E-state index is 5.93. The van der Waals surface area contributed by atoms with Crippen molar-refractivity contribution in [3.8, 4) is 11.1 Å². The Bertz CT molecular complexity index is 544. The molecule has 0 atom stereocenters. The average molecular weight is 335 g/mol. The molecule has 0 aliphatic carbocycles. The van der Waals surface area contributed by atoms with Gasteiger partial charge in [0.2, 0.25) is 5.95 Å². The first-order valence-electron chi connectivity index (χ1n) is 6.55. The van der Waals surface area contributed by atoms with Gasteiger partial charge in [0.1, 0.15) is 0 Å². The second-order valence-electron chi connectivity index (χ2n) is 5.47. The van der Waals surface area contributed by atoms with Crippen molar-refractivity contribution in [2.75, 3.05) is 11.9 Å². The Hall–Kier alpha value is -1.46. The van der Waals surface area contributed by atoms with E-state index < -0.39 is 0 Å². The molecule has 0 amide bonds. The first-order chi connectivity index (χ1) is 9.44. The fraction of sp³-hybridized carbons (Fsp3) is 0.333. The molecule has 2 rings (SSSR count). The number of halogens is 1. The zero-order valence-electron chi connectivity index (χ0n) is 11.7. The Morgan fingerprint density at radius 2 is 1.70 bits per heavy atom. The van der Waals surface area contributed by atoms with Gasteiger partial charge in [-0.2, -0.15) is 0 Å². The van der Waals surface area contributed by atoms with E-state index in [0.29, 0.717) is 5.95 Å². The summed E-state index contributed by atoms with van der Waals surface area (Å²) in [6.07, 6.45) is 4.52. The molecule has 5 heteroatoms. The Morgan fingerprint density at radius 3 is 2.25 bits per heavy atom. The van der Waals surface area contributed by atoms with Crippen LogP contribution in [0.3, 0.4) is 0 Å². The van der Waals surface area contributed by atoms with Gasteiger partial charge in [0.25, 0.3) is 0 Å². The minimum absolute atomic E-state index is 0.176. The summed E-state index contributed by atoms with van der Waals surface area (Å²) in [7, 11) is 0. The van der Waals surface area contributed by atoms with Gasteiger partial charge in [-0.3, -0.25) is 0 Å². The third kappa shape index (κ3) is 4.58. The van der Waals surface area contributed by atoms with Crippen molar-refractivity contribution in [3.05, 3.63) is 41.1 Å². The first-order valence-corrected chi connectivity index (χ1v) is 7.34. The number of benzene rings is 1. The van der Waals surface area contributed by atoms with E-state index in [9.17, 15) is 0 Å². The molecule has 0 saturated carbocycles. The van der Waals surface area contributed by atoms with E-state index in [1.807, 2.05) is 50.5 Å². The second-order valence-corrected chi connectivity index (χ2v) is 6.38. The van der Waals surface area contributed by atoms with E-state index >= 15 is 0 Å². The lowest BCUT2D eigenvalue weighted by molar-refractivity contribution is 0.490. The highest BCUT2D eigenvalue weighted by atomic mass is 79.9. The largest absolute Gasteiger partial charge is 0.354 e. The van der Waals surface area contributed by atoms with Crippen LogP contribution in [-0.2, 0) is 0 Å².